The molecule has 1 aliphatic heterocycles. The first-order valence-electron chi connectivity index (χ1n) is 11.8. The van der Waals surface area contributed by atoms with E-state index < -0.39 is 72.4 Å². The van der Waals surface area contributed by atoms with Crippen LogP contribution >= 0.6 is 0 Å². The molecule has 0 fully saturated rings. The van der Waals surface area contributed by atoms with E-state index in [1.807, 2.05) is 0 Å². The quantitative estimate of drug-likeness (QED) is 0.833. The number of nitrogens with zero attached hydrogens (tertiary/aromatic N) is 1. The zero-order chi connectivity index (χ0) is 24.1. The molecular formula is C14H18N2O. The fraction of sp³-hybridized carbons (Fsp3) is 0.429. The number of likely N-dealkylation sites (N-methyl/N-ethyl adjacent to an activating group) is 1. The average molecular weight is 244 g/mol. The Morgan fingerprint density at radius 2 is 2.35 bits per heavy atom. The van der Waals surface area contributed by atoms with Crippen molar-refractivity contribution in [2.45, 2.75) is 12.7 Å². The minimum Gasteiger partial charge on any atom is -0.497 e. The van der Waals surface area contributed by atoms with Crippen LogP contribution in [0, 0.1) is 0 Å². The summed E-state index contributed by atoms with van der Waals surface area (Å²) in [5, 5.41) is -0.522. The smallest absolute Gasteiger partial charge is 0.120 e. The minimum atomic E-state index is -3.63. The Hall–Kier alpha value is -1.48. The van der Waals surface area contributed by atoms with E-state index in [1.165, 1.54) is 0 Å². The van der Waals surface area contributed by atoms with Crippen LogP contribution in [0.25, 0.3) is 10.9 Å². The standard InChI is InChI=1S/C14H18N2O/c1-16-7-5-12-11-4-3-10(17-2)9-14(11)15-13(12)6-8-16/h3-4,9,15H,5-8H2,1-2H3/i1D3,3D,4D,5D2,6D2,7D2,8D2,9D. The molecule has 3 nitrogen and oxygen atoms in total. The summed E-state index contributed by atoms with van der Waals surface area (Å²) in [5.41, 5.74) is -2.07. The molecule has 0 aliphatic carbocycles. The Kier molecular flexibility index (Phi) is 0.790. The van der Waals surface area contributed by atoms with E-state index in [0.29, 0.717) is 0 Å². The Morgan fingerprint density at radius 1 is 1.47 bits per heavy atom. The predicted octanol–water partition coefficient (Wildman–Crippen LogP) is 2.21. The van der Waals surface area contributed by atoms with Gasteiger partial charge in [0.1, 0.15) is 5.75 Å². The summed E-state index contributed by atoms with van der Waals surface area (Å²) in [4.78, 5) is 1.92. The molecule has 0 unspecified atom stereocenters. The number of H-pyrrole nitrogens is 1. The van der Waals surface area contributed by atoms with E-state index in [2.05, 4.69) is 4.98 Å². The topological polar surface area (TPSA) is 28.3 Å². The Morgan fingerprint density at radius 3 is 3.18 bits per heavy atom. The van der Waals surface area contributed by atoms with Crippen molar-refractivity contribution in [1.82, 2.24) is 9.88 Å². The SMILES string of the molecule is [2H]c1c(OC)c([2H])c2[nH]c3c(c2c1[2H])C([2H])([2H])C([2H])([2H])N(C([2H])([2H])[2H])C([2H])([2H])C3([2H])[2H]. The maximum Gasteiger partial charge on any atom is 0.120 e. The van der Waals surface area contributed by atoms with Gasteiger partial charge in [-0.25, -0.2) is 0 Å². The summed E-state index contributed by atoms with van der Waals surface area (Å²) < 4.78 is 119. The normalized spacial score (nSPS) is 41.5. The lowest BCUT2D eigenvalue weighted by atomic mass is 10.1. The molecule has 1 aliphatic rings. The number of benzene rings is 1. The van der Waals surface area contributed by atoms with Crippen molar-refractivity contribution >= 4 is 10.9 Å². The summed E-state index contributed by atoms with van der Waals surface area (Å²) in [6.45, 7) is -10.8. The highest BCUT2D eigenvalue weighted by Crippen LogP contribution is 2.28. The third-order valence-corrected chi connectivity index (χ3v) is 2.33. The molecule has 0 spiro atoms. The highest BCUT2D eigenvalue weighted by atomic mass is 16.5. The number of methoxy groups -OCH3 is 1. The van der Waals surface area contributed by atoms with Crippen molar-refractivity contribution in [2.24, 2.45) is 0 Å². The third kappa shape index (κ3) is 1.80. The average Bonchev–Trinajstić information content (AvgIpc) is 2.99. The van der Waals surface area contributed by atoms with Crippen molar-refractivity contribution < 1.29 is 23.9 Å². The molecule has 0 radical (unpaired) electrons. The van der Waals surface area contributed by atoms with Crippen LogP contribution in [-0.4, -0.2) is 37.0 Å². The molecule has 1 N–H and O–H groups in total. The van der Waals surface area contributed by atoms with Gasteiger partial charge in [-0.05, 0) is 31.0 Å². The van der Waals surface area contributed by atoms with Gasteiger partial charge in [-0.15, -0.1) is 0 Å². The Labute approximate surface area is 121 Å². The number of fused-ring (bicyclic) bond motifs is 3. The van der Waals surface area contributed by atoms with Crippen molar-refractivity contribution in [1.29, 1.82) is 0 Å². The van der Waals surface area contributed by atoms with Gasteiger partial charge in [-0.1, -0.05) is 0 Å². The van der Waals surface area contributed by atoms with Gasteiger partial charge < -0.3 is 14.6 Å². The summed E-state index contributed by atoms with van der Waals surface area (Å²) in [6, 6.07) is -1.88. The molecule has 0 saturated heterocycles. The van der Waals surface area contributed by atoms with Crippen molar-refractivity contribution in [2.75, 3.05) is 27.1 Å². The highest BCUT2D eigenvalue weighted by molar-refractivity contribution is 5.86. The number of hydrogen-bond acceptors (Lipinski definition) is 2. The van der Waals surface area contributed by atoms with Crippen LogP contribution in [0.1, 0.15) is 30.4 Å². The first-order valence-corrected chi connectivity index (χ1v) is 4.78. The molecule has 0 amide bonds. The second-order valence-electron chi connectivity index (χ2n) is 3.34. The summed E-state index contributed by atoms with van der Waals surface area (Å²) in [5.74, 6) is -0.370. The van der Waals surface area contributed by atoms with Crippen LogP contribution in [0.2, 0.25) is 0 Å². The maximum atomic E-state index is 8.46. The Bertz CT molecular complexity index is 1070. The molecule has 0 bridgehead atoms. The number of hydrogen-bond donors (Lipinski definition) is 1. The zero-order valence-electron chi connectivity index (χ0n) is 22.9. The van der Waals surface area contributed by atoms with Crippen molar-refractivity contribution in [3.8, 4) is 5.75 Å². The number of aromatic nitrogens is 1. The second kappa shape index (κ2) is 4.08. The lowest BCUT2D eigenvalue weighted by Gasteiger charge is -2.11. The van der Waals surface area contributed by atoms with Crippen LogP contribution in [0.3, 0.4) is 0 Å². The fourth-order valence-electron chi connectivity index (χ4n) is 1.56. The Balaban J connectivity index is 2.62. The van der Waals surface area contributed by atoms with Gasteiger partial charge in [0, 0.05) is 57.1 Å². The lowest BCUT2D eigenvalue weighted by molar-refractivity contribution is 0.352. The van der Waals surface area contributed by atoms with E-state index in [-0.39, 0.29) is 11.3 Å². The van der Waals surface area contributed by atoms with E-state index in [4.69, 9.17) is 23.9 Å². The summed E-state index contributed by atoms with van der Waals surface area (Å²) >= 11 is 0. The third-order valence-electron chi connectivity index (χ3n) is 2.33. The summed E-state index contributed by atoms with van der Waals surface area (Å²) in [6.07, 6.45) is -6.71. The number of nitrogens with one attached hydrogen (secondary N) is 1. The number of ether oxygens (including phenoxy) is 1. The maximum absolute atomic E-state index is 8.46. The fourth-order valence-corrected chi connectivity index (χ4v) is 1.56. The monoisotopic (exact) mass is 244 g/mol. The largest absolute Gasteiger partial charge is 0.497 e. The van der Waals surface area contributed by atoms with Gasteiger partial charge in [-0.3, -0.25) is 0 Å². The molecule has 1 aromatic heterocycles. The molecule has 90 valence electrons. The van der Waals surface area contributed by atoms with Gasteiger partial charge in [0.05, 0.1) is 11.2 Å². The highest BCUT2D eigenvalue weighted by Gasteiger charge is 2.16. The van der Waals surface area contributed by atoms with Crippen LogP contribution in [-0.2, 0) is 12.7 Å². The molecule has 2 aromatic rings. The number of aryl methyl sites for hydroxylation is 2. The van der Waals surface area contributed by atoms with Crippen LogP contribution in [0.15, 0.2) is 18.1 Å². The zero-order valence-corrected chi connectivity index (χ0v) is 8.86. The lowest BCUT2D eigenvalue weighted by Crippen LogP contribution is -2.21. The van der Waals surface area contributed by atoms with Gasteiger partial charge in [0.15, 0.2) is 0 Å². The minimum absolute atomic E-state index is 0.357. The van der Waals surface area contributed by atoms with Gasteiger partial charge in [-0.2, -0.15) is 0 Å². The van der Waals surface area contributed by atoms with Crippen LogP contribution in [0.5, 0.6) is 5.75 Å². The van der Waals surface area contributed by atoms with E-state index >= 15 is 0 Å². The molecular weight excluding hydrogens is 212 g/mol. The molecule has 17 heavy (non-hydrogen) atoms. The first-order chi connectivity index (χ1) is 13.8. The predicted molar refractivity (Wildman–Crippen MR) is 69.8 cm³/mol. The second-order valence-corrected chi connectivity index (χ2v) is 3.34. The summed E-state index contributed by atoms with van der Waals surface area (Å²) in [7, 11) is 1.13. The number of rotatable bonds is 1. The molecule has 0 saturated carbocycles. The van der Waals surface area contributed by atoms with E-state index in [0.717, 1.165) is 7.11 Å². The molecule has 1 aromatic carbocycles. The molecule has 3 heteroatoms. The molecule has 0 atom stereocenters. The van der Waals surface area contributed by atoms with E-state index in [1.54, 1.807) is 0 Å². The number of aromatic amines is 1. The van der Waals surface area contributed by atoms with Gasteiger partial charge in [0.25, 0.3) is 0 Å². The van der Waals surface area contributed by atoms with Gasteiger partial charge in [0.2, 0.25) is 0 Å². The van der Waals surface area contributed by atoms with Crippen molar-refractivity contribution in [3.05, 3.63) is 29.4 Å². The molecule has 2 heterocycles. The molecule has 3 rings (SSSR count). The van der Waals surface area contributed by atoms with Crippen LogP contribution < -0.4 is 4.74 Å². The van der Waals surface area contributed by atoms with Crippen LogP contribution in [0.4, 0.5) is 0 Å². The van der Waals surface area contributed by atoms with Gasteiger partial charge >= 0.3 is 0 Å². The van der Waals surface area contributed by atoms with E-state index in [9.17, 15) is 0 Å². The first kappa shape index (κ1) is 3.29. The van der Waals surface area contributed by atoms with Crippen molar-refractivity contribution in [3.63, 3.8) is 0 Å².